The minimum Gasteiger partial charge on any atom is -0.478 e. The highest BCUT2D eigenvalue weighted by atomic mass is 16.8. The van der Waals surface area contributed by atoms with Gasteiger partial charge in [-0.1, -0.05) is 12.1 Å². The summed E-state index contributed by atoms with van der Waals surface area (Å²) in [4.78, 5) is 10.6. The summed E-state index contributed by atoms with van der Waals surface area (Å²) in [6.07, 6.45) is 0. The average molecular weight is 212 g/mol. The molecule has 5 heteroatoms. The number of aromatic carboxylic acids is 1. The van der Waals surface area contributed by atoms with Crippen molar-refractivity contribution >= 4 is 5.97 Å². The molecule has 1 aromatic rings. The van der Waals surface area contributed by atoms with Crippen molar-refractivity contribution in [1.82, 2.24) is 0 Å². The number of ether oxygens (including phenoxy) is 2. The molecule has 1 rings (SSSR count). The van der Waals surface area contributed by atoms with Crippen LogP contribution in [0.2, 0.25) is 0 Å². The Bertz CT molecular complexity index is 339. The smallest absolute Gasteiger partial charge is 0.335 e. The van der Waals surface area contributed by atoms with E-state index in [0.29, 0.717) is 5.56 Å². The molecule has 0 saturated heterocycles. The van der Waals surface area contributed by atoms with E-state index in [2.05, 4.69) is 0 Å². The Morgan fingerprint density at radius 3 is 2.00 bits per heavy atom. The molecule has 0 bridgehead atoms. The van der Waals surface area contributed by atoms with E-state index in [9.17, 15) is 9.90 Å². The number of carbonyl (C=O) groups is 1. The van der Waals surface area contributed by atoms with Gasteiger partial charge in [0.2, 0.25) is 0 Å². The van der Waals surface area contributed by atoms with Crippen LogP contribution < -0.4 is 0 Å². The first-order chi connectivity index (χ1) is 7.03. The highest BCUT2D eigenvalue weighted by Gasteiger charge is 2.28. The first-order valence-electron chi connectivity index (χ1n) is 4.20. The number of rotatable bonds is 4. The summed E-state index contributed by atoms with van der Waals surface area (Å²) in [7, 11) is 2.57. The van der Waals surface area contributed by atoms with Crippen LogP contribution in [-0.4, -0.2) is 30.4 Å². The second-order valence-electron chi connectivity index (χ2n) is 2.87. The van der Waals surface area contributed by atoms with Crippen molar-refractivity contribution in [3.63, 3.8) is 0 Å². The van der Waals surface area contributed by atoms with Crippen LogP contribution in [0.4, 0.5) is 0 Å². The third-order valence-electron chi connectivity index (χ3n) is 2.05. The minimum atomic E-state index is -1.84. The summed E-state index contributed by atoms with van der Waals surface area (Å²) in [5.74, 6) is -2.86. The standard InChI is InChI=1S/C10H12O5/c1-14-10(13,15-2)8-5-3-7(4-6-8)9(11)12/h3-6,13H,1-2H3,(H,11,12). The van der Waals surface area contributed by atoms with E-state index in [1.54, 1.807) is 0 Å². The van der Waals surface area contributed by atoms with Crippen molar-refractivity contribution in [3.8, 4) is 0 Å². The summed E-state index contributed by atoms with van der Waals surface area (Å²) in [6, 6.07) is 5.58. The SMILES string of the molecule is COC(O)(OC)c1ccc(C(=O)O)cc1. The molecule has 15 heavy (non-hydrogen) atoms. The van der Waals surface area contributed by atoms with E-state index < -0.39 is 11.9 Å². The van der Waals surface area contributed by atoms with E-state index in [1.807, 2.05) is 0 Å². The third kappa shape index (κ3) is 2.33. The van der Waals surface area contributed by atoms with Gasteiger partial charge in [-0.3, -0.25) is 0 Å². The molecular formula is C10H12O5. The quantitative estimate of drug-likeness (QED) is 0.721. The molecule has 0 saturated carbocycles. The van der Waals surface area contributed by atoms with E-state index >= 15 is 0 Å². The molecule has 0 spiro atoms. The molecule has 0 aliphatic carbocycles. The Balaban J connectivity index is 3.02. The van der Waals surface area contributed by atoms with Crippen LogP contribution in [0.15, 0.2) is 24.3 Å². The lowest BCUT2D eigenvalue weighted by molar-refractivity contribution is -0.352. The van der Waals surface area contributed by atoms with Gasteiger partial charge < -0.3 is 19.7 Å². The lowest BCUT2D eigenvalue weighted by atomic mass is 10.1. The Hall–Kier alpha value is -1.43. The lowest BCUT2D eigenvalue weighted by Crippen LogP contribution is -2.30. The maximum absolute atomic E-state index is 10.6. The lowest BCUT2D eigenvalue weighted by Gasteiger charge is -2.24. The molecule has 5 nitrogen and oxygen atoms in total. The van der Waals surface area contributed by atoms with Gasteiger partial charge >= 0.3 is 11.9 Å². The van der Waals surface area contributed by atoms with Crippen molar-refractivity contribution in [2.75, 3.05) is 14.2 Å². The van der Waals surface area contributed by atoms with Crippen LogP contribution in [0.3, 0.4) is 0 Å². The molecule has 2 N–H and O–H groups in total. The number of carboxylic acid groups (broad SMARTS) is 1. The molecule has 82 valence electrons. The fourth-order valence-electron chi connectivity index (χ4n) is 1.14. The normalized spacial score (nSPS) is 11.4. The largest absolute Gasteiger partial charge is 0.478 e. The number of aliphatic hydroxyl groups is 1. The van der Waals surface area contributed by atoms with Crippen LogP contribution >= 0.6 is 0 Å². The van der Waals surface area contributed by atoms with Crippen LogP contribution in [-0.2, 0) is 15.4 Å². The van der Waals surface area contributed by atoms with Crippen LogP contribution in [0.25, 0.3) is 0 Å². The number of carboxylic acids is 1. The molecule has 0 atom stereocenters. The molecule has 0 aliphatic heterocycles. The second kappa shape index (κ2) is 4.39. The summed E-state index contributed by atoms with van der Waals surface area (Å²) in [5, 5.41) is 18.4. The van der Waals surface area contributed by atoms with Gasteiger partial charge in [0.1, 0.15) is 0 Å². The van der Waals surface area contributed by atoms with E-state index in [-0.39, 0.29) is 5.56 Å². The average Bonchev–Trinajstić information content (AvgIpc) is 2.28. The Labute approximate surface area is 86.9 Å². The summed E-state index contributed by atoms with van der Waals surface area (Å²) in [5.41, 5.74) is 0.464. The molecule has 0 aliphatic rings. The molecule has 0 heterocycles. The van der Waals surface area contributed by atoms with Crippen molar-refractivity contribution < 1.29 is 24.5 Å². The van der Waals surface area contributed by atoms with Crippen LogP contribution in [0, 0.1) is 0 Å². The van der Waals surface area contributed by atoms with Gasteiger partial charge in [-0.05, 0) is 12.1 Å². The highest BCUT2D eigenvalue weighted by molar-refractivity contribution is 5.87. The van der Waals surface area contributed by atoms with Gasteiger partial charge in [0.15, 0.2) is 0 Å². The molecule has 0 aromatic heterocycles. The summed E-state index contributed by atoms with van der Waals surface area (Å²) >= 11 is 0. The van der Waals surface area contributed by atoms with E-state index in [1.165, 1.54) is 38.5 Å². The Morgan fingerprint density at radius 1 is 1.20 bits per heavy atom. The van der Waals surface area contributed by atoms with Gasteiger partial charge in [-0.25, -0.2) is 4.79 Å². The Kier molecular flexibility index (Phi) is 3.41. The zero-order valence-corrected chi connectivity index (χ0v) is 8.43. The Morgan fingerprint density at radius 2 is 1.67 bits per heavy atom. The zero-order chi connectivity index (χ0) is 11.5. The highest BCUT2D eigenvalue weighted by Crippen LogP contribution is 2.22. The first kappa shape index (κ1) is 11.6. The molecule has 0 radical (unpaired) electrons. The fourth-order valence-corrected chi connectivity index (χ4v) is 1.14. The van der Waals surface area contributed by atoms with Crippen molar-refractivity contribution in [1.29, 1.82) is 0 Å². The first-order valence-corrected chi connectivity index (χ1v) is 4.20. The van der Waals surface area contributed by atoms with Crippen LogP contribution in [0.1, 0.15) is 15.9 Å². The number of hydrogen-bond donors (Lipinski definition) is 2. The molecule has 1 aromatic carbocycles. The second-order valence-corrected chi connectivity index (χ2v) is 2.87. The van der Waals surface area contributed by atoms with Crippen molar-refractivity contribution in [3.05, 3.63) is 35.4 Å². The predicted octanol–water partition coefficient (Wildman–Crippen LogP) is 0.780. The third-order valence-corrected chi connectivity index (χ3v) is 2.05. The number of methoxy groups -OCH3 is 2. The monoisotopic (exact) mass is 212 g/mol. The summed E-state index contributed by atoms with van der Waals surface area (Å²) in [6.45, 7) is 0. The van der Waals surface area contributed by atoms with Crippen molar-refractivity contribution in [2.24, 2.45) is 0 Å². The fraction of sp³-hybridized carbons (Fsp3) is 0.300. The van der Waals surface area contributed by atoms with Gasteiger partial charge in [0.25, 0.3) is 0 Å². The van der Waals surface area contributed by atoms with E-state index in [0.717, 1.165) is 0 Å². The number of hydrogen-bond acceptors (Lipinski definition) is 4. The minimum absolute atomic E-state index is 0.133. The maximum atomic E-state index is 10.6. The van der Waals surface area contributed by atoms with Crippen molar-refractivity contribution in [2.45, 2.75) is 5.97 Å². The number of benzene rings is 1. The molecule has 0 fully saturated rings. The van der Waals surface area contributed by atoms with Crippen LogP contribution in [0.5, 0.6) is 0 Å². The molecular weight excluding hydrogens is 200 g/mol. The maximum Gasteiger partial charge on any atom is 0.335 e. The zero-order valence-electron chi connectivity index (χ0n) is 8.43. The summed E-state index contributed by atoms with van der Waals surface area (Å²) < 4.78 is 9.52. The van der Waals surface area contributed by atoms with Gasteiger partial charge in [0, 0.05) is 19.8 Å². The van der Waals surface area contributed by atoms with Gasteiger partial charge in [-0.2, -0.15) is 0 Å². The van der Waals surface area contributed by atoms with Gasteiger partial charge in [0.05, 0.1) is 5.56 Å². The van der Waals surface area contributed by atoms with Gasteiger partial charge in [-0.15, -0.1) is 0 Å². The van der Waals surface area contributed by atoms with E-state index in [4.69, 9.17) is 14.6 Å². The topological polar surface area (TPSA) is 76.0 Å². The molecule has 0 unspecified atom stereocenters. The molecule has 0 amide bonds. The predicted molar refractivity (Wildman–Crippen MR) is 51.3 cm³/mol.